The molecule has 25 heavy (non-hydrogen) atoms. The van der Waals surface area contributed by atoms with Gasteiger partial charge in [-0.15, -0.1) is 0 Å². The van der Waals surface area contributed by atoms with Gasteiger partial charge in [0.1, 0.15) is 11.4 Å². The number of nitrogens with zero attached hydrogens (tertiary/aromatic N) is 3. The predicted molar refractivity (Wildman–Crippen MR) is 94.3 cm³/mol. The number of aromatic amines is 1. The number of aromatic nitrogens is 4. The number of carbonyl (C=O) groups excluding carboxylic acids is 1. The molecule has 2 aromatic heterocycles. The monoisotopic (exact) mass is 339 g/mol. The van der Waals surface area contributed by atoms with Crippen molar-refractivity contribution < 1.29 is 9.53 Å². The lowest BCUT2D eigenvalue weighted by Crippen LogP contribution is -2.30. The van der Waals surface area contributed by atoms with Crippen molar-refractivity contribution in [2.45, 2.75) is 13.5 Å². The van der Waals surface area contributed by atoms with Crippen LogP contribution in [0.1, 0.15) is 17.4 Å². The van der Waals surface area contributed by atoms with Gasteiger partial charge >= 0.3 is 0 Å². The van der Waals surface area contributed by atoms with Crippen LogP contribution in [-0.2, 0) is 6.54 Å². The van der Waals surface area contributed by atoms with E-state index in [1.165, 1.54) is 0 Å². The van der Waals surface area contributed by atoms with E-state index < -0.39 is 0 Å². The van der Waals surface area contributed by atoms with Crippen LogP contribution in [0.25, 0.3) is 11.3 Å². The molecule has 1 aromatic carbocycles. The second kappa shape index (κ2) is 7.65. The van der Waals surface area contributed by atoms with Crippen molar-refractivity contribution in [2.24, 2.45) is 5.92 Å². The molecule has 0 radical (unpaired) electrons. The summed E-state index contributed by atoms with van der Waals surface area (Å²) >= 11 is 0. The highest BCUT2D eigenvalue weighted by atomic mass is 16.5. The first-order chi connectivity index (χ1) is 12.2. The van der Waals surface area contributed by atoms with Crippen LogP contribution in [-0.4, -0.2) is 39.3 Å². The van der Waals surface area contributed by atoms with E-state index in [0.29, 0.717) is 23.9 Å². The molecule has 7 nitrogen and oxygen atoms in total. The average molecular weight is 339 g/mol. The molecule has 3 aromatic rings. The van der Waals surface area contributed by atoms with Gasteiger partial charge in [-0.05, 0) is 24.1 Å². The fourth-order valence-electron chi connectivity index (χ4n) is 2.55. The van der Waals surface area contributed by atoms with Crippen LogP contribution in [0.4, 0.5) is 0 Å². The summed E-state index contributed by atoms with van der Waals surface area (Å²) in [6, 6.07) is 9.30. The second-order valence-corrected chi connectivity index (χ2v) is 5.97. The van der Waals surface area contributed by atoms with Crippen LogP contribution < -0.4 is 10.1 Å². The minimum Gasteiger partial charge on any atom is -0.497 e. The molecule has 0 spiro atoms. The summed E-state index contributed by atoms with van der Waals surface area (Å²) in [5.74, 6) is 0.873. The van der Waals surface area contributed by atoms with Gasteiger partial charge in [-0.1, -0.05) is 19.1 Å². The van der Waals surface area contributed by atoms with E-state index in [1.54, 1.807) is 25.7 Å². The van der Waals surface area contributed by atoms with Gasteiger partial charge < -0.3 is 14.6 Å². The summed E-state index contributed by atoms with van der Waals surface area (Å²) in [7, 11) is 1.62. The van der Waals surface area contributed by atoms with Gasteiger partial charge in [-0.3, -0.25) is 9.89 Å². The van der Waals surface area contributed by atoms with E-state index in [1.807, 2.05) is 35.0 Å². The first kappa shape index (κ1) is 16.8. The minimum atomic E-state index is -0.167. The fraction of sp³-hybridized carbons (Fsp3) is 0.278. The van der Waals surface area contributed by atoms with Gasteiger partial charge in [0.05, 0.1) is 19.1 Å². The molecule has 0 aliphatic carbocycles. The Morgan fingerprint density at radius 3 is 3.04 bits per heavy atom. The van der Waals surface area contributed by atoms with Gasteiger partial charge in [0.15, 0.2) is 0 Å². The molecule has 7 heteroatoms. The minimum absolute atomic E-state index is 0.167. The molecule has 0 aliphatic heterocycles. The zero-order valence-corrected chi connectivity index (χ0v) is 14.3. The Balaban J connectivity index is 1.58. The van der Waals surface area contributed by atoms with Gasteiger partial charge in [0.25, 0.3) is 5.91 Å². The Morgan fingerprint density at radius 1 is 1.40 bits per heavy atom. The highest BCUT2D eigenvalue weighted by Gasteiger charge is 2.12. The molecule has 0 aliphatic rings. The van der Waals surface area contributed by atoms with E-state index in [9.17, 15) is 4.79 Å². The highest BCUT2D eigenvalue weighted by Crippen LogP contribution is 2.22. The number of hydrogen-bond acceptors (Lipinski definition) is 4. The van der Waals surface area contributed by atoms with Gasteiger partial charge in [-0.25, -0.2) is 4.98 Å². The molecular weight excluding hydrogens is 318 g/mol. The summed E-state index contributed by atoms with van der Waals surface area (Å²) < 4.78 is 7.21. The number of hydrogen-bond donors (Lipinski definition) is 2. The lowest BCUT2D eigenvalue weighted by atomic mass is 10.1. The third-order valence-corrected chi connectivity index (χ3v) is 3.88. The summed E-state index contributed by atoms with van der Waals surface area (Å²) in [6.07, 6.45) is 5.43. The van der Waals surface area contributed by atoms with E-state index in [2.05, 4.69) is 27.4 Å². The smallest absolute Gasteiger partial charge is 0.269 e. The molecule has 0 saturated carbocycles. The lowest BCUT2D eigenvalue weighted by Gasteiger charge is -2.12. The molecule has 3 rings (SSSR count). The summed E-state index contributed by atoms with van der Waals surface area (Å²) in [5.41, 5.74) is 2.03. The number of H-pyrrole nitrogens is 1. The number of amides is 1. The number of nitrogens with one attached hydrogen (secondary N) is 2. The third-order valence-electron chi connectivity index (χ3n) is 3.88. The zero-order valence-electron chi connectivity index (χ0n) is 14.3. The van der Waals surface area contributed by atoms with Crippen molar-refractivity contribution in [1.82, 2.24) is 25.1 Å². The number of carbonyl (C=O) groups is 1. The summed E-state index contributed by atoms with van der Waals surface area (Å²) in [5, 5.41) is 9.94. The normalized spacial score (nSPS) is 11.9. The molecular formula is C18H21N5O2. The van der Waals surface area contributed by atoms with Crippen LogP contribution in [0, 0.1) is 5.92 Å². The summed E-state index contributed by atoms with van der Waals surface area (Å²) in [4.78, 5) is 16.3. The molecule has 1 unspecified atom stereocenters. The molecule has 0 bridgehead atoms. The molecule has 1 amide bonds. The third kappa shape index (κ3) is 4.26. The number of rotatable bonds is 7. The molecule has 0 fully saturated rings. The topological polar surface area (TPSA) is 84.8 Å². The maximum absolute atomic E-state index is 12.3. The molecule has 1 atom stereocenters. The Kier molecular flexibility index (Phi) is 5.13. The quantitative estimate of drug-likeness (QED) is 0.692. The van der Waals surface area contributed by atoms with Crippen LogP contribution in [0.15, 0.2) is 49.1 Å². The van der Waals surface area contributed by atoms with Crippen molar-refractivity contribution in [1.29, 1.82) is 0 Å². The van der Waals surface area contributed by atoms with Crippen molar-refractivity contribution in [2.75, 3.05) is 13.7 Å². The van der Waals surface area contributed by atoms with E-state index in [-0.39, 0.29) is 5.91 Å². The van der Waals surface area contributed by atoms with E-state index in [0.717, 1.165) is 17.9 Å². The second-order valence-electron chi connectivity index (χ2n) is 5.97. The fourth-order valence-corrected chi connectivity index (χ4v) is 2.55. The Morgan fingerprint density at radius 2 is 2.28 bits per heavy atom. The SMILES string of the molecule is COc1cccc(-c2cc(C(=O)NCC(C)Cn3ccnc3)[nH]n2)c1. The zero-order chi connectivity index (χ0) is 17.6. The van der Waals surface area contributed by atoms with Gasteiger partial charge in [0.2, 0.25) is 0 Å². The summed E-state index contributed by atoms with van der Waals surface area (Å²) in [6.45, 7) is 3.46. The van der Waals surface area contributed by atoms with Crippen molar-refractivity contribution in [3.8, 4) is 17.0 Å². The first-order valence-electron chi connectivity index (χ1n) is 8.09. The predicted octanol–water partition coefficient (Wildman–Crippen LogP) is 2.35. The van der Waals surface area contributed by atoms with E-state index >= 15 is 0 Å². The van der Waals surface area contributed by atoms with Gasteiger partial charge in [-0.2, -0.15) is 5.10 Å². The largest absolute Gasteiger partial charge is 0.497 e. The van der Waals surface area contributed by atoms with Crippen LogP contribution >= 0.6 is 0 Å². The molecule has 130 valence electrons. The van der Waals surface area contributed by atoms with Crippen LogP contribution in [0.2, 0.25) is 0 Å². The standard InChI is InChI=1S/C18H21N5O2/c1-13(11-23-7-6-19-12-23)10-20-18(24)17-9-16(21-22-17)14-4-3-5-15(8-14)25-2/h3-9,12-13H,10-11H2,1-2H3,(H,20,24)(H,21,22). The number of methoxy groups -OCH3 is 1. The van der Waals surface area contributed by atoms with Crippen molar-refractivity contribution >= 4 is 5.91 Å². The van der Waals surface area contributed by atoms with Crippen LogP contribution in [0.5, 0.6) is 5.75 Å². The number of ether oxygens (including phenoxy) is 1. The van der Waals surface area contributed by atoms with Crippen molar-refractivity contribution in [3.63, 3.8) is 0 Å². The number of imidazole rings is 1. The molecule has 0 saturated heterocycles. The maximum atomic E-state index is 12.3. The maximum Gasteiger partial charge on any atom is 0.269 e. The van der Waals surface area contributed by atoms with E-state index in [4.69, 9.17) is 4.74 Å². The first-order valence-corrected chi connectivity index (χ1v) is 8.09. The number of benzene rings is 1. The molecule has 2 N–H and O–H groups in total. The Hall–Kier alpha value is -3.09. The Bertz CT molecular complexity index is 826. The average Bonchev–Trinajstić information content (AvgIpc) is 3.31. The van der Waals surface area contributed by atoms with Crippen LogP contribution in [0.3, 0.4) is 0 Å². The highest BCUT2D eigenvalue weighted by molar-refractivity contribution is 5.93. The molecule has 2 heterocycles. The Labute approximate surface area is 146 Å². The van der Waals surface area contributed by atoms with Gasteiger partial charge in [0, 0.05) is 31.0 Å². The lowest BCUT2D eigenvalue weighted by molar-refractivity contribution is 0.0942. The van der Waals surface area contributed by atoms with Crippen molar-refractivity contribution in [3.05, 3.63) is 54.7 Å².